The molecule has 0 bridgehead atoms. The summed E-state index contributed by atoms with van der Waals surface area (Å²) in [7, 11) is 0. The molecule has 0 amide bonds. The Kier molecular flexibility index (Phi) is 4.63. The maximum atomic E-state index is 9.57. The molecular formula is C13H20O2. The van der Waals surface area contributed by atoms with Crippen LogP contribution in [0.4, 0.5) is 0 Å². The minimum atomic E-state index is -0.477. The van der Waals surface area contributed by atoms with Crippen molar-refractivity contribution in [3.63, 3.8) is 0 Å². The van der Waals surface area contributed by atoms with Crippen LogP contribution in [-0.2, 0) is 0 Å². The number of aliphatic hydroxyl groups is 1. The molecule has 1 aromatic rings. The zero-order chi connectivity index (χ0) is 11.3. The lowest BCUT2D eigenvalue weighted by Gasteiger charge is -2.17. The molecule has 84 valence electrons. The molecule has 2 heteroatoms. The average Bonchev–Trinajstić information content (AvgIpc) is 2.18. The van der Waals surface area contributed by atoms with Crippen LogP contribution in [0, 0.1) is 0 Å². The predicted molar refractivity (Wildman–Crippen MR) is 62.1 cm³/mol. The number of rotatable bonds is 5. The number of hydrogen-bond donors (Lipinski definition) is 1. The predicted octanol–water partition coefficient (Wildman–Crippen LogP) is 3.31. The second kappa shape index (κ2) is 5.76. The Morgan fingerprint density at radius 2 is 1.93 bits per heavy atom. The fourth-order valence-electron chi connectivity index (χ4n) is 1.62. The first-order valence-electron chi connectivity index (χ1n) is 5.58. The van der Waals surface area contributed by atoms with Gasteiger partial charge >= 0.3 is 0 Å². The van der Waals surface area contributed by atoms with E-state index in [2.05, 4.69) is 13.8 Å². The van der Waals surface area contributed by atoms with Crippen molar-refractivity contribution in [1.82, 2.24) is 0 Å². The van der Waals surface area contributed by atoms with E-state index in [1.165, 1.54) is 0 Å². The Bertz CT molecular complexity index is 294. The summed E-state index contributed by atoms with van der Waals surface area (Å²) in [6, 6.07) is 7.66. The van der Waals surface area contributed by atoms with E-state index in [1.54, 1.807) is 6.92 Å². The molecule has 2 atom stereocenters. The summed E-state index contributed by atoms with van der Waals surface area (Å²) in [6.45, 7) is 5.95. The van der Waals surface area contributed by atoms with Crippen LogP contribution >= 0.6 is 0 Å². The maximum Gasteiger partial charge on any atom is 0.125 e. The molecule has 0 heterocycles. The van der Waals surface area contributed by atoms with Gasteiger partial charge in [-0.2, -0.15) is 0 Å². The minimum absolute atomic E-state index is 0.204. The van der Waals surface area contributed by atoms with Crippen molar-refractivity contribution in [2.45, 2.75) is 45.8 Å². The largest absolute Gasteiger partial charge is 0.490 e. The fourth-order valence-corrected chi connectivity index (χ4v) is 1.62. The van der Waals surface area contributed by atoms with Gasteiger partial charge in [0.05, 0.1) is 12.2 Å². The summed E-state index contributed by atoms with van der Waals surface area (Å²) >= 11 is 0. The summed E-state index contributed by atoms with van der Waals surface area (Å²) < 4.78 is 5.79. The highest BCUT2D eigenvalue weighted by molar-refractivity contribution is 5.34. The van der Waals surface area contributed by atoms with Crippen molar-refractivity contribution < 1.29 is 9.84 Å². The lowest BCUT2D eigenvalue weighted by molar-refractivity contribution is 0.174. The number of hydrogen-bond acceptors (Lipinski definition) is 2. The summed E-state index contributed by atoms with van der Waals surface area (Å²) in [6.07, 6.45) is 1.87. The highest BCUT2D eigenvalue weighted by Crippen LogP contribution is 2.25. The number of benzene rings is 1. The first-order chi connectivity index (χ1) is 7.15. The van der Waals surface area contributed by atoms with Gasteiger partial charge in [-0.25, -0.2) is 0 Å². The van der Waals surface area contributed by atoms with Crippen LogP contribution in [-0.4, -0.2) is 11.2 Å². The molecule has 0 aliphatic rings. The van der Waals surface area contributed by atoms with Crippen LogP contribution < -0.4 is 4.74 Å². The monoisotopic (exact) mass is 208 g/mol. The van der Waals surface area contributed by atoms with E-state index in [4.69, 9.17) is 4.74 Å². The molecule has 0 fully saturated rings. The Morgan fingerprint density at radius 3 is 2.53 bits per heavy atom. The molecule has 2 unspecified atom stereocenters. The van der Waals surface area contributed by atoms with Gasteiger partial charge in [0.2, 0.25) is 0 Å². The third kappa shape index (κ3) is 3.56. The van der Waals surface area contributed by atoms with Crippen molar-refractivity contribution in [3.05, 3.63) is 29.8 Å². The topological polar surface area (TPSA) is 29.5 Å². The standard InChI is InChI=1S/C13H20O2/c1-4-7-10(2)15-13-9-6-5-8-12(13)11(3)14/h5-6,8-11,14H,4,7H2,1-3H3. The van der Waals surface area contributed by atoms with E-state index in [0.29, 0.717) is 0 Å². The fraction of sp³-hybridized carbons (Fsp3) is 0.538. The Balaban J connectivity index is 2.75. The zero-order valence-corrected chi connectivity index (χ0v) is 9.73. The molecule has 1 N–H and O–H groups in total. The van der Waals surface area contributed by atoms with E-state index in [1.807, 2.05) is 24.3 Å². The highest BCUT2D eigenvalue weighted by Gasteiger charge is 2.10. The van der Waals surface area contributed by atoms with E-state index in [-0.39, 0.29) is 6.10 Å². The molecular weight excluding hydrogens is 188 g/mol. The van der Waals surface area contributed by atoms with Gasteiger partial charge in [-0.3, -0.25) is 0 Å². The highest BCUT2D eigenvalue weighted by atomic mass is 16.5. The first kappa shape index (κ1) is 12.1. The molecule has 15 heavy (non-hydrogen) atoms. The molecule has 1 rings (SSSR count). The van der Waals surface area contributed by atoms with E-state index in [0.717, 1.165) is 24.2 Å². The molecule has 0 aromatic heterocycles. The van der Waals surface area contributed by atoms with Crippen molar-refractivity contribution in [1.29, 1.82) is 0 Å². The molecule has 0 spiro atoms. The molecule has 0 saturated heterocycles. The average molecular weight is 208 g/mol. The minimum Gasteiger partial charge on any atom is -0.490 e. The molecule has 0 saturated carbocycles. The van der Waals surface area contributed by atoms with Gasteiger partial charge in [-0.05, 0) is 26.3 Å². The second-order valence-electron chi connectivity index (χ2n) is 3.93. The third-order valence-corrected chi connectivity index (χ3v) is 2.39. The molecule has 0 radical (unpaired) electrons. The van der Waals surface area contributed by atoms with Crippen LogP contribution in [0.5, 0.6) is 5.75 Å². The van der Waals surface area contributed by atoms with Crippen molar-refractivity contribution in [2.24, 2.45) is 0 Å². The number of aliphatic hydroxyl groups excluding tert-OH is 1. The van der Waals surface area contributed by atoms with E-state index < -0.39 is 6.10 Å². The van der Waals surface area contributed by atoms with Crippen molar-refractivity contribution >= 4 is 0 Å². The lowest BCUT2D eigenvalue weighted by Crippen LogP contribution is -2.12. The maximum absolute atomic E-state index is 9.57. The van der Waals surface area contributed by atoms with Crippen LogP contribution in [0.3, 0.4) is 0 Å². The zero-order valence-electron chi connectivity index (χ0n) is 9.73. The molecule has 2 nitrogen and oxygen atoms in total. The Morgan fingerprint density at radius 1 is 1.27 bits per heavy atom. The lowest BCUT2D eigenvalue weighted by atomic mass is 10.1. The summed E-state index contributed by atoms with van der Waals surface area (Å²) in [5, 5.41) is 9.57. The van der Waals surface area contributed by atoms with Gasteiger partial charge in [0.1, 0.15) is 5.75 Å². The van der Waals surface area contributed by atoms with Gasteiger partial charge in [0.25, 0.3) is 0 Å². The van der Waals surface area contributed by atoms with Crippen LogP contribution in [0.25, 0.3) is 0 Å². The van der Waals surface area contributed by atoms with Gasteiger partial charge < -0.3 is 9.84 Å². The second-order valence-corrected chi connectivity index (χ2v) is 3.93. The van der Waals surface area contributed by atoms with Crippen molar-refractivity contribution in [2.75, 3.05) is 0 Å². The quantitative estimate of drug-likeness (QED) is 0.804. The summed E-state index contributed by atoms with van der Waals surface area (Å²) in [5.74, 6) is 0.799. The van der Waals surface area contributed by atoms with Crippen LogP contribution in [0.15, 0.2) is 24.3 Å². The van der Waals surface area contributed by atoms with Gasteiger partial charge in [-0.15, -0.1) is 0 Å². The van der Waals surface area contributed by atoms with Crippen molar-refractivity contribution in [3.8, 4) is 5.75 Å². The number of ether oxygens (including phenoxy) is 1. The van der Waals surface area contributed by atoms with Gasteiger partial charge in [-0.1, -0.05) is 31.5 Å². The Hall–Kier alpha value is -1.02. The normalized spacial score (nSPS) is 14.7. The third-order valence-electron chi connectivity index (χ3n) is 2.39. The van der Waals surface area contributed by atoms with Gasteiger partial charge in [0, 0.05) is 5.56 Å². The Labute approximate surface area is 91.9 Å². The molecule has 1 aromatic carbocycles. The number of para-hydroxylation sites is 1. The molecule has 0 aliphatic heterocycles. The SMILES string of the molecule is CCCC(C)Oc1ccccc1C(C)O. The summed E-state index contributed by atoms with van der Waals surface area (Å²) in [5.41, 5.74) is 0.862. The first-order valence-corrected chi connectivity index (χ1v) is 5.58. The van der Waals surface area contributed by atoms with Crippen LogP contribution in [0.2, 0.25) is 0 Å². The summed E-state index contributed by atoms with van der Waals surface area (Å²) in [4.78, 5) is 0. The molecule has 0 aliphatic carbocycles. The van der Waals surface area contributed by atoms with Gasteiger partial charge in [0.15, 0.2) is 0 Å². The van der Waals surface area contributed by atoms with Crippen LogP contribution in [0.1, 0.15) is 45.3 Å². The van der Waals surface area contributed by atoms with E-state index >= 15 is 0 Å². The smallest absolute Gasteiger partial charge is 0.125 e. The van der Waals surface area contributed by atoms with E-state index in [9.17, 15) is 5.11 Å².